The Morgan fingerprint density at radius 1 is 1.00 bits per heavy atom. The number of phenols is 1. The smallest absolute Gasteiger partial charge is 0.275 e. The summed E-state index contributed by atoms with van der Waals surface area (Å²) in [7, 11) is 0. The van der Waals surface area contributed by atoms with Crippen molar-refractivity contribution >= 4 is 55.4 Å². The van der Waals surface area contributed by atoms with E-state index in [9.17, 15) is 30.1 Å². The molecule has 3 aromatic carbocycles. The van der Waals surface area contributed by atoms with E-state index in [-0.39, 0.29) is 23.5 Å². The van der Waals surface area contributed by atoms with Crippen molar-refractivity contribution < 1.29 is 24.5 Å². The molecule has 0 saturated carbocycles. The molecule has 2 N–H and O–H groups in total. The number of rotatable bonds is 8. The lowest BCUT2D eigenvalue weighted by Gasteiger charge is -2.11. The lowest BCUT2D eigenvalue weighted by atomic mass is 10.1. The van der Waals surface area contributed by atoms with Gasteiger partial charge in [0.1, 0.15) is 18.1 Å². The lowest BCUT2D eigenvalue weighted by Crippen LogP contribution is -2.18. The molecule has 1 amide bonds. The fourth-order valence-corrected chi connectivity index (χ4v) is 4.16. The number of hydrogen-bond acceptors (Lipinski definition) is 8. The van der Waals surface area contributed by atoms with Crippen LogP contribution in [0.4, 0.5) is 11.4 Å². The molecule has 0 spiro atoms. The van der Waals surface area contributed by atoms with Gasteiger partial charge in [0, 0.05) is 24.3 Å². The highest BCUT2D eigenvalue weighted by Crippen LogP contribution is 2.35. The van der Waals surface area contributed by atoms with Crippen molar-refractivity contribution in [1.29, 1.82) is 0 Å². The van der Waals surface area contributed by atoms with Crippen LogP contribution in [0, 0.1) is 20.2 Å². The Labute approximate surface area is 208 Å². The first-order valence-corrected chi connectivity index (χ1v) is 10.9. The van der Waals surface area contributed by atoms with E-state index >= 15 is 0 Å². The second-order valence-electron chi connectivity index (χ2n) is 6.68. The van der Waals surface area contributed by atoms with Crippen LogP contribution >= 0.6 is 31.9 Å². The molecule has 3 rings (SSSR count). The third-order valence-electron chi connectivity index (χ3n) is 4.37. The second-order valence-corrected chi connectivity index (χ2v) is 8.39. The van der Waals surface area contributed by atoms with Crippen LogP contribution in [-0.2, 0) is 6.61 Å². The Morgan fingerprint density at radius 3 is 2.18 bits per heavy atom. The van der Waals surface area contributed by atoms with Crippen molar-refractivity contribution in [2.45, 2.75) is 6.61 Å². The van der Waals surface area contributed by atoms with Crippen LogP contribution in [0.25, 0.3) is 0 Å². The molecule has 0 fully saturated rings. The summed E-state index contributed by atoms with van der Waals surface area (Å²) < 4.78 is 6.95. The second kappa shape index (κ2) is 10.9. The van der Waals surface area contributed by atoms with E-state index in [1.165, 1.54) is 18.3 Å². The van der Waals surface area contributed by atoms with Crippen LogP contribution in [0.15, 0.2) is 68.6 Å². The van der Waals surface area contributed by atoms with E-state index in [1.807, 2.05) is 0 Å². The number of ether oxygens (including phenoxy) is 1. The molecule has 0 aliphatic carbocycles. The molecule has 0 aliphatic rings. The van der Waals surface area contributed by atoms with Gasteiger partial charge in [-0.05, 0) is 73.3 Å². The highest BCUT2D eigenvalue weighted by molar-refractivity contribution is 9.11. The topological polar surface area (TPSA) is 157 Å². The number of hydrogen-bond donors (Lipinski definition) is 2. The van der Waals surface area contributed by atoms with Gasteiger partial charge in [-0.15, -0.1) is 0 Å². The lowest BCUT2D eigenvalue weighted by molar-refractivity contribution is -0.385. The Morgan fingerprint density at radius 2 is 1.59 bits per heavy atom. The summed E-state index contributed by atoms with van der Waals surface area (Å²) in [4.78, 5) is 32.7. The summed E-state index contributed by atoms with van der Waals surface area (Å²) in [5.41, 5.74) is 2.87. The SMILES string of the molecule is O=C(N/N=C\c1cc(Br)c(OCc2ccc([N+](=O)[O-])cc2)c(Br)c1)c1cc([N+](=O)[O-])ccc1O. The van der Waals surface area contributed by atoms with Crippen molar-refractivity contribution in [3.8, 4) is 11.5 Å². The summed E-state index contributed by atoms with van der Waals surface area (Å²) in [6.45, 7) is 0.172. The zero-order valence-electron chi connectivity index (χ0n) is 17.0. The van der Waals surface area contributed by atoms with Gasteiger partial charge in [0.25, 0.3) is 17.3 Å². The predicted octanol–water partition coefficient (Wildman–Crippen LogP) is 5.08. The molecule has 0 aliphatic heterocycles. The fourth-order valence-electron chi connectivity index (χ4n) is 2.71. The van der Waals surface area contributed by atoms with Gasteiger partial charge in [-0.1, -0.05) is 0 Å². The van der Waals surface area contributed by atoms with Crippen molar-refractivity contribution in [1.82, 2.24) is 5.43 Å². The van der Waals surface area contributed by atoms with E-state index in [2.05, 4.69) is 42.4 Å². The normalized spacial score (nSPS) is 10.8. The number of carbonyl (C=O) groups excluding carboxylic acids is 1. The Balaban J connectivity index is 1.66. The van der Waals surface area contributed by atoms with Gasteiger partial charge in [-0.3, -0.25) is 25.0 Å². The van der Waals surface area contributed by atoms with Crippen molar-refractivity contribution in [3.63, 3.8) is 0 Å². The van der Waals surface area contributed by atoms with Crippen molar-refractivity contribution in [3.05, 3.63) is 100 Å². The van der Waals surface area contributed by atoms with Gasteiger partial charge in [-0.25, -0.2) is 5.43 Å². The zero-order valence-corrected chi connectivity index (χ0v) is 20.1. The maximum absolute atomic E-state index is 12.2. The van der Waals surface area contributed by atoms with E-state index in [1.54, 1.807) is 24.3 Å². The van der Waals surface area contributed by atoms with Crippen molar-refractivity contribution in [2.24, 2.45) is 5.10 Å². The first-order chi connectivity index (χ1) is 16.2. The maximum atomic E-state index is 12.2. The number of non-ortho nitro benzene ring substituents is 2. The largest absolute Gasteiger partial charge is 0.507 e. The molecule has 0 aromatic heterocycles. The average Bonchev–Trinajstić information content (AvgIpc) is 2.78. The van der Waals surface area contributed by atoms with Crippen LogP contribution in [-0.4, -0.2) is 27.1 Å². The summed E-state index contributed by atoms with van der Waals surface area (Å²) in [5, 5.41) is 35.2. The van der Waals surface area contributed by atoms with Gasteiger partial charge < -0.3 is 9.84 Å². The molecular formula is C21H14Br2N4O7. The predicted molar refractivity (Wildman–Crippen MR) is 129 cm³/mol. The van der Waals surface area contributed by atoms with Gasteiger partial charge >= 0.3 is 0 Å². The summed E-state index contributed by atoms with van der Waals surface area (Å²) in [6, 6.07) is 12.4. The monoisotopic (exact) mass is 592 g/mol. The highest BCUT2D eigenvalue weighted by atomic mass is 79.9. The quantitative estimate of drug-likeness (QED) is 0.209. The van der Waals surface area contributed by atoms with Crippen molar-refractivity contribution in [2.75, 3.05) is 0 Å². The van der Waals surface area contributed by atoms with Crippen LogP contribution in [0.3, 0.4) is 0 Å². The molecule has 0 saturated heterocycles. The third-order valence-corrected chi connectivity index (χ3v) is 5.54. The third kappa shape index (κ3) is 6.14. The number of halogens is 2. The van der Waals surface area contributed by atoms with Gasteiger partial charge in [-0.2, -0.15) is 5.10 Å². The number of phenolic OH excluding ortho intramolecular Hbond substituents is 1. The minimum atomic E-state index is -0.821. The number of carbonyl (C=O) groups is 1. The number of nitrogens with one attached hydrogen (secondary N) is 1. The molecule has 0 atom stereocenters. The standard InChI is InChI=1S/C21H14Br2N4O7/c22-17-7-13(10-24-25-21(29)16-9-15(27(32)33)5-6-19(16)28)8-18(23)20(17)34-11-12-1-3-14(4-2-12)26(30)31/h1-10,28H,11H2,(H,25,29)/b24-10-. The molecule has 34 heavy (non-hydrogen) atoms. The van der Waals surface area contributed by atoms with Crippen LogP contribution < -0.4 is 10.2 Å². The highest BCUT2D eigenvalue weighted by Gasteiger charge is 2.16. The molecule has 0 heterocycles. The van der Waals surface area contributed by atoms with Crippen LogP contribution in [0.5, 0.6) is 11.5 Å². The van der Waals surface area contributed by atoms with E-state index in [0.29, 0.717) is 20.3 Å². The summed E-state index contributed by atoms with van der Waals surface area (Å²) in [6.07, 6.45) is 1.34. The zero-order chi connectivity index (χ0) is 24.8. The summed E-state index contributed by atoms with van der Waals surface area (Å²) in [5.74, 6) is -0.752. The molecule has 3 aromatic rings. The molecular weight excluding hydrogens is 580 g/mol. The Hall–Kier alpha value is -3.84. The molecule has 11 nitrogen and oxygen atoms in total. The number of benzene rings is 3. The fraction of sp³-hybridized carbons (Fsp3) is 0.0476. The molecule has 0 bridgehead atoms. The number of hydrazone groups is 1. The van der Waals surface area contributed by atoms with Gasteiger partial charge in [0.2, 0.25) is 0 Å². The number of nitrogens with zero attached hydrogens (tertiary/aromatic N) is 3. The van der Waals surface area contributed by atoms with Crippen LogP contribution in [0.2, 0.25) is 0 Å². The number of nitro groups is 2. The van der Waals surface area contributed by atoms with E-state index in [0.717, 1.165) is 23.8 Å². The maximum Gasteiger partial charge on any atom is 0.275 e. The molecule has 0 radical (unpaired) electrons. The first kappa shape index (κ1) is 24.8. The average molecular weight is 594 g/mol. The minimum Gasteiger partial charge on any atom is -0.507 e. The number of nitro benzene ring substituents is 2. The molecule has 0 unspecified atom stereocenters. The molecule has 13 heteroatoms. The van der Waals surface area contributed by atoms with Gasteiger partial charge in [0.05, 0.1) is 30.6 Å². The summed E-state index contributed by atoms with van der Waals surface area (Å²) >= 11 is 6.80. The Bertz CT molecular complexity index is 1270. The van der Waals surface area contributed by atoms with Gasteiger partial charge in [0.15, 0.2) is 0 Å². The minimum absolute atomic E-state index is 0.0115. The molecule has 174 valence electrons. The van der Waals surface area contributed by atoms with Crippen LogP contribution in [0.1, 0.15) is 21.5 Å². The number of amides is 1. The van der Waals surface area contributed by atoms with E-state index < -0.39 is 21.5 Å². The first-order valence-electron chi connectivity index (χ1n) is 9.31. The Kier molecular flexibility index (Phi) is 7.91. The number of aromatic hydroxyl groups is 1. The van der Waals surface area contributed by atoms with E-state index in [4.69, 9.17) is 4.74 Å².